The molecule has 0 atom stereocenters. The van der Waals surface area contributed by atoms with Gasteiger partial charge >= 0.3 is 0 Å². The van der Waals surface area contributed by atoms with Crippen LogP contribution in [0.5, 0.6) is 0 Å². The van der Waals surface area contributed by atoms with Gasteiger partial charge in [-0.15, -0.1) is 0 Å². The molecule has 5 heteroatoms. The van der Waals surface area contributed by atoms with Crippen LogP contribution in [-0.4, -0.2) is 15.1 Å². The zero-order valence-corrected chi connectivity index (χ0v) is 5.99. The lowest BCUT2D eigenvalue weighted by Gasteiger charge is -2.01. The van der Waals surface area contributed by atoms with E-state index >= 15 is 0 Å². The Morgan fingerprint density at radius 1 is 1.55 bits per heavy atom. The van der Waals surface area contributed by atoms with Crippen LogP contribution in [0.1, 0.15) is 11.4 Å². The number of aromatic nitrogens is 2. The lowest BCUT2D eigenvalue weighted by molar-refractivity contribution is 0.271. The maximum atomic E-state index is 8.61. The van der Waals surface area contributed by atoms with Crippen LogP contribution in [0.25, 0.3) is 0 Å². The molecule has 0 saturated heterocycles. The molecule has 0 saturated carbocycles. The van der Waals surface area contributed by atoms with Gasteiger partial charge in [-0.1, -0.05) is 0 Å². The van der Waals surface area contributed by atoms with E-state index in [2.05, 4.69) is 9.97 Å². The van der Waals surface area contributed by atoms with Crippen molar-refractivity contribution in [2.75, 3.05) is 5.73 Å². The van der Waals surface area contributed by atoms with Crippen molar-refractivity contribution in [1.82, 2.24) is 9.97 Å². The molecule has 11 heavy (non-hydrogen) atoms. The van der Waals surface area contributed by atoms with Crippen LogP contribution in [0, 0.1) is 0 Å². The number of rotatable bonds is 2. The summed E-state index contributed by atoms with van der Waals surface area (Å²) in [5.41, 5.74) is 11.5. The van der Waals surface area contributed by atoms with Crippen LogP contribution < -0.4 is 11.5 Å². The number of nitrogen functional groups attached to an aromatic ring is 1. The molecule has 0 bridgehead atoms. The summed E-state index contributed by atoms with van der Waals surface area (Å²) < 4.78 is 0. The number of anilines is 1. The third-order valence-electron chi connectivity index (χ3n) is 1.31. The molecule has 5 N–H and O–H groups in total. The monoisotopic (exact) mass is 154 g/mol. The molecule has 60 valence electrons. The number of aliphatic hydroxyl groups is 1. The summed E-state index contributed by atoms with van der Waals surface area (Å²) in [5.74, 6) is 0.659. The van der Waals surface area contributed by atoms with Crippen molar-refractivity contribution in [2.24, 2.45) is 5.73 Å². The van der Waals surface area contributed by atoms with Crippen LogP contribution in [0.3, 0.4) is 0 Å². The largest absolute Gasteiger partial charge is 0.388 e. The van der Waals surface area contributed by atoms with Crippen molar-refractivity contribution in [3.8, 4) is 0 Å². The zero-order valence-electron chi connectivity index (χ0n) is 5.99. The first-order valence-corrected chi connectivity index (χ1v) is 3.19. The minimum Gasteiger partial charge on any atom is -0.388 e. The molecule has 0 fully saturated rings. The van der Waals surface area contributed by atoms with Gasteiger partial charge in [0.2, 0.25) is 0 Å². The van der Waals surface area contributed by atoms with Gasteiger partial charge in [-0.25, -0.2) is 9.97 Å². The van der Waals surface area contributed by atoms with E-state index in [0.29, 0.717) is 23.8 Å². The summed E-state index contributed by atoms with van der Waals surface area (Å²) in [6.45, 7) is 0.118. The second-order valence-corrected chi connectivity index (χ2v) is 2.06. The molecule has 0 radical (unpaired) electrons. The lowest BCUT2D eigenvalue weighted by Crippen LogP contribution is -2.07. The molecular weight excluding hydrogens is 144 g/mol. The van der Waals surface area contributed by atoms with Gasteiger partial charge in [-0.2, -0.15) is 0 Å². The fourth-order valence-electron chi connectivity index (χ4n) is 0.692. The summed E-state index contributed by atoms with van der Waals surface area (Å²) in [5, 5.41) is 8.61. The fraction of sp³-hybridized carbons (Fsp3) is 0.333. The van der Waals surface area contributed by atoms with Gasteiger partial charge in [-0.3, -0.25) is 0 Å². The molecule has 1 aromatic rings. The van der Waals surface area contributed by atoms with Crippen LogP contribution in [0.2, 0.25) is 0 Å². The molecule has 0 aliphatic carbocycles. The van der Waals surface area contributed by atoms with Gasteiger partial charge in [0.25, 0.3) is 0 Å². The Hall–Kier alpha value is -1.20. The first-order chi connectivity index (χ1) is 5.27. The Labute approximate surface area is 64.1 Å². The molecule has 0 aliphatic rings. The summed E-state index contributed by atoms with van der Waals surface area (Å²) in [4.78, 5) is 7.61. The molecule has 0 aromatic carbocycles. The van der Waals surface area contributed by atoms with Gasteiger partial charge < -0.3 is 16.6 Å². The molecule has 0 spiro atoms. The summed E-state index contributed by atoms with van der Waals surface area (Å²) >= 11 is 0. The second-order valence-electron chi connectivity index (χ2n) is 2.06. The van der Waals surface area contributed by atoms with Crippen LogP contribution >= 0.6 is 0 Å². The smallest absolute Gasteiger partial charge is 0.156 e. The van der Waals surface area contributed by atoms with Crippen molar-refractivity contribution in [2.45, 2.75) is 13.2 Å². The third kappa shape index (κ3) is 1.63. The Morgan fingerprint density at radius 3 is 2.73 bits per heavy atom. The molecule has 5 nitrogen and oxygen atoms in total. The average Bonchev–Trinajstić information content (AvgIpc) is 2.04. The van der Waals surface area contributed by atoms with Gasteiger partial charge in [0.1, 0.15) is 12.4 Å². The molecular formula is C6H10N4O. The predicted octanol–water partition coefficient (Wildman–Crippen LogP) is -0.990. The fourth-order valence-corrected chi connectivity index (χ4v) is 0.692. The standard InChI is InChI=1S/C6H10N4O/c7-1-4-2-9-5(3-11)10-6(4)8/h2,11H,1,3,7H2,(H2,8,9,10). The molecule has 0 unspecified atom stereocenters. The van der Waals surface area contributed by atoms with Crippen LogP contribution in [0.4, 0.5) is 5.82 Å². The van der Waals surface area contributed by atoms with E-state index in [4.69, 9.17) is 16.6 Å². The number of nitrogens with zero attached hydrogens (tertiary/aromatic N) is 2. The van der Waals surface area contributed by atoms with Gasteiger partial charge in [0.15, 0.2) is 5.82 Å². The van der Waals surface area contributed by atoms with E-state index in [1.807, 2.05) is 0 Å². The zero-order chi connectivity index (χ0) is 8.27. The predicted molar refractivity (Wildman–Crippen MR) is 40.3 cm³/mol. The van der Waals surface area contributed by atoms with Crippen molar-refractivity contribution < 1.29 is 5.11 Å². The highest BCUT2D eigenvalue weighted by Gasteiger charge is 2.00. The average molecular weight is 154 g/mol. The highest BCUT2D eigenvalue weighted by atomic mass is 16.3. The Kier molecular flexibility index (Phi) is 2.35. The first-order valence-electron chi connectivity index (χ1n) is 3.19. The van der Waals surface area contributed by atoms with E-state index in [1.54, 1.807) is 0 Å². The van der Waals surface area contributed by atoms with Crippen LogP contribution in [-0.2, 0) is 13.2 Å². The summed E-state index contributed by atoms with van der Waals surface area (Å²) in [6.07, 6.45) is 1.52. The number of hydrogen-bond donors (Lipinski definition) is 3. The van der Waals surface area contributed by atoms with Crippen molar-refractivity contribution in [1.29, 1.82) is 0 Å². The minimum atomic E-state index is -0.199. The van der Waals surface area contributed by atoms with Gasteiger partial charge in [0.05, 0.1) is 0 Å². The van der Waals surface area contributed by atoms with Crippen molar-refractivity contribution in [3.05, 3.63) is 17.6 Å². The third-order valence-corrected chi connectivity index (χ3v) is 1.31. The maximum Gasteiger partial charge on any atom is 0.156 e. The lowest BCUT2D eigenvalue weighted by atomic mass is 10.3. The Balaban J connectivity index is 2.99. The topological polar surface area (TPSA) is 98.0 Å². The Bertz CT molecular complexity index is 250. The molecule has 1 rings (SSSR count). The molecule has 1 aromatic heterocycles. The summed E-state index contributed by atoms with van der Waals surface area (Å²) in [6, 6.07) is 0. The highest BCUT2D eigenvalue weighted by Crippen LogP contribution is 2.05. The van der Waals surface area contributed by atoms with Gasteiger partial charge in [0, 0.05) is 18.3 Å². The Morgan fingerprint density at radius 2 is 2.27 bits per heavy atom. The maximum absolute atomic E-state index is 8.61. The van der Waals surface area contributed by atoms with E-state index in [0.717, 1.165) is 0 Å². The molecule has 0 amide bonds. The first kappa shape index (κ1) is 7.90. The number of nitrogens with two attached hydrogens (primary N) is 2. The minimum absolute atomic E-state index is 0.199. The number of hydrogen-bond acceptors (Lipinski definition) is 5. The molecule has 1 heterocycles. The second kappa shape index (κ2) is 3.27. The van der Waals surface area contributed by atoms with Gasteiger partial charge in [-0.05, 0) is 0 Å². The van der Waals surface area contributed by atoms with E-state index < -0.39 is 0 Å². The highest BCUT2D eigenvalue weighted by molar-refractivity contribution is 5.37. The van der Waals surface area contributed by atoms with Crippen molar-refractivity contribution >= 4 is 5.82 Å². The van der Waals surface area contributed by atoms with Crippen LogP contribution in [0.15, 0.2) is 6.20 Å². The SMILES string of the molecule is NCc1cnc(CO)nc1N. The number of aliphatic hydroxyl groups excluding tert-OH is 1. The quantitative estimate of drug-likeness (QED) is 0.508. The normalized spacial score (nSPS) is 10.0. The van der Waals surface area contributed by atoms with E-state index in [9.17, 15) is 0 Å². The van der Waals surface area contributed by atoms with E-state index in [-0.39, 0.29) is 6.61 Å². The van der Waals surface area contributed by atoms with Crippen molar-refractivity contribution in [3.63, 3.8) is 0 Å². The summed E-state index contributed by atoms with van der Waals surface area (Å²) in [7, 11) is 0. The molecule has 0 aliphatic heterocycles. The van der Waals surface area contributed by atoms with E-state index in [1.165, 1.54) is 6.20 Å².